The molecule has 0 radical (unpaired) electrons. The lowest BCUT2D eigenvalue weighted by Gasteiger charge is -2.39. The molecule has 0 fully saturated rings. The summed E-state index contributed by atoms with van der Waals surface area (Å²) in [5, 5.41) is 1.34. The summed E-state index contributed by atoms with van der Waals surface area (Å²) in [5.41, 5.74) is 20.0. The average Bonchev–Trinajstić information content (AvgIpc) is 3.77. The van der Waals surface area contributed by atoms with Crippen LogP contribution >= 0.6 is 0 Å². The SMILES string of the molecule is CN1c2ccccc2N=C(C2=CCC(C3=CC=C4C=CC=CC4C3)C=C2)C1n1c2c(c3ccccc31)CC1C(=C2)N(c2ccccc2)C2=C1c1ccccc1CC2. The van der Waals surface area contributed by atoms with Crippen molar-refractivity contribution in [2.75, 3.05) is 16.8 Å². The van der Waals surface area contributed by atoms with Gasteiger partial charge in [0.2, 0.25) is 0 Å². The van der Waals surface area contributed by atoms with Crippen molar-refractivity contribution < 1.29 is 0 Å². The van der Waals surface area contributed by atoms with Crippen molar-refractivity contribution in [2.24, 2.45) is 22.7 Å². The maximum Gasteiger partial charge on any atom is 0.150 e. The van der Waals surface area contributed by atoms with Gasteiger partial charge in [-0.1, -0.05) is 133 Å². The lowest BCUT2D eigenvalue weighted by atomic mass is 9.78. The Balaban J connectivity index is 1.00. The van der Waals surface area contributed by atoms with E-state index in [1.54, 1.807) is 0 Å². The van der Waals surface area contributed by atoms with E-state index in [9.17, 15) is 0 Å². The predicted octanol–water partition coefficient (Wildman–Crippen LogP) is 12.3. The zero-order valence-electron chi connectivity index (χ0n) is 32.2. The predicted molar refractivity (Wildman–Crippen MR) is 237 cm³/mol. The largest absolute Gasteiger partial charge is 0.347 e. The van der Waals surface area contributed by atoms with E-state index >= 15 is 0 Å². The van der Waals surface area contributed by atoms with Crippen LogP contribution in [0.15, 0.2) is 191 Å². The van der Waals surface area contributed by atoms with Gasteiger partial charge < -0.3 is 14.4 Å². The third kappa shape index (κ3) is 5.02. The summed E-state index contributed by atoms with van der Waals surface area (Å²) in [6.07, 6.45) is 28.5. The minimum absolute atomic E-state index is 0.136. The normalized spacial score (nSPS) is 24.1. The fourth-order valence-corrected chi connectivity index (χ4v) is 10.9. The van der Waals surface area contributed by atoms with E-state index in [1.807, 2.05) is 0 Å². The first-order chi connectivity index (χ1) is 28.2. The highest BCUT2D eigenvalue weighted by Crippen LogP contribution is 2.55. The Labute approximate surface area is 334 Å². The zero-order valence-corrected chi connectivity index (χ0v) is 32.2. The second kappa shape index (κ2) is 12.8. The van der Waals surface area contributed by atoms with Gasteiger partial charge in [0.25, 0.3) is 0 Å². The molecule has 12 rings (SSSR count). The second-order valence-electron chi connectivity index (χ2n) is 16.6. The molecule has 4 nitrogen and oxygen atoms in total. The molecule has 5 aliphatic carbocycles. The van der Waals surface area contributed by atoms with Crippen LogP contribution in [0, 0.1) is 17.8 Å². The van der Waals surface area contributed by atoms with Gasteiger partial charge in [-0.15, -0.1) is 0 Å². The number of aromatic nitrogens is 1. The van der Waals surface area contributed by atoms with Gasteiger partial charge in [0, 0.05) is 53.0 Å². The number of aliphatic imine (C=N–C) groups is 1. The molecule has 0 bridgehead atoms. The number of nitrogens with zero attached hydrogens (tertiary/aromatic N) is 4. The van der Waals surface area contributed by atoms with Crippen LogP contribution in [0.4, 0.5) is 17.1 Å². The standard InChI is InChI=1S/C53H44N4/c1-55-47-22-12-10-20-45(47)54-52(37-26-23-35(24-27-37)39-28-25-34-13-5-6-15-38(34)31-39)53(55)57-46-21-11-9-19-42(46)43-32-44-50(33-49(43)57)56(40-16-3-2-4-17-40)48-30-29-36-14-7-8-18-41(36)51(44)48/h2-23,25-28,33,35,38,44,53H,24,29-32H2,1H3. The molecular weight excluding hydrogens is 693 g/mol. The number of para-hydroxylation sites is 4. The van der Waals surface area contributed by atoms with E-state index in [4.69, 9.17) is 4.99 Å². The second-order valence-corrected chi connectivity index (χ2v) is 16.6. The van der Waals surface area contributed by atoms with Crippen molar-refractivity contribution in [3.05, 3.63) is 208 Å². The van der Waals surface area contributed by atoms with Gasteiger partial charge in [-0.3, -0.25) is 0 Å². The number of aryl methyl sites for hydroxylation is 1. The Morgan fingerprint density at radius 1 is 0.737 bits per heavy atom. The first-order valence-electron chi connectivity index (χ1n) is 20.7. The van der Waals surface area contributed by atoms with Crippen molar-refractivity contribution in [3.63, 3.8) is 0 Å². The molecule has 4 atom stereocenters. The monoisotopic (exact) mass is 736 g/mol. The number of hydrogen-bond acceptors (Lipinski definition) is 3. The minimum Gasteiger partial charge on any atom is -0.347 e. The van der Waals surface area contributed by atoms with Crippen LogP contribution in [0.3, 0.4) is 0 Å². The maximum absolute atomic E-state index is 5.57. The molecule has 3 heterocycles. The lowest BCUT2D eigenvalue weighted by molar-refractivity contribution is 0.623. The third-order valence-corrected chi connectivity index (χ3v) is 13.6. The van der Waals surface area contributed by atoms with Gasteiger partial charge in [0.15, 0.2) is 6.17 Å². The molecular formula is C53H44N4. The number of fused-ring (bicyclic) bond motifs is 9. The highest BCUT2D eigenvalue weighted by Gasteiger charge is 2.44. The van der Waals surface area contributed by atoms with Crippen LogP contribution in [-0.4, -0.2) is 17.3 Å². The fraction of sp³-hybridized carbons (Fsp3) is 0.189. The van der Waals surface area contributed by atoms with E-state index in [0.717, 1.165) is 49.2 Å². The van der Waals surface area contributed by atoms with Gasteiger partial charge in [0.05, 0.1) is 22.6 Å². The Morgan fingerprint density at radius 3 is 2.49 bits per heavy atom. The molecule has 1 aromatic heterocycles. The molecule has 0 spiro atoms. The van der Waals surface area contributed by atoms with Crippen LogP contribution in [-0.2, 0) is 12.8 Å². The van der Waals surface area contributed by atoms with Crippen LogP contribution in [0.5, 0.6) is 0 Å². The molecule has 4 aromatic carbocycles. The number of allylic oxidation sites excluding steroid dienone is 13. The quantitative estimate of drug-likeness (QED) is 0.183. The Bertz CT molecular complexity index is 2810. The van der Waals surface area contributed by atoms with Gasteiger partial charge in [-0.05, 0) is 102 Å². The van der Waals surface area contributed by atoms with Crippen LogP contribution in [0.2, 0.25) is 0 Å². The van der Waals surface area contributed by atoms with Crippen molar-refractivity contribution >= 4 is 45.3 Å². The molecule has 57 heavy (non-hydrogen) atoms. The minimum atomic E-state index is -0.136. The maximum atomic E-state index is 5.57. The fourth-order valence-electron chi connectivity index (χ4n) is 10.9. The summed E-state index contributed by atoms with van der Waals surface area (Å²) in [6, 6.07) is 38.0. The first-order valence-corrected chi connectivity index (χ1v) is 20.7. The number of anilines is 2. The molecule has 2 aliphatic heterocycles. The topological polar surface area (TPSA) is 23.8 Å². The highest BCUT2D eigenvalue weighted by atomic mass is 15.3. The van der Waals surface area contributed by atoms with Crippen molar-refractivity contribution in [1.82, 2.24) is 4.57 Å². The third-order valence-electron chi connectivity index (χ3n) is 13.6. The number of rotatable bonds is 4. The average molecular weight is 737 g/mol. The van der Waals surface area contributed by atoms with E-state index in [0.29, 0.717) is 11.8 Å². The molecule has 0 amide bonds. The summed E-state index contributed by atoms with van der Waals surface area (Å²) in [7, 11) is 2.26. The summed E-state index contributed by atoms with van der Waals surface area (Å²) in [5.74, 6) is 1.17. The summed E-state index contributed by atoms with van der Waals surface area (Å²) in [6.45, 7) is 0. The van der Waals surface area contributed by atoms with E-state index in [2.05, 4.69) is 185 Å². The summed E-state index contributed by atoms with van der Waals surface area (Å²) in [4.78, 5) is 10.7. The molecule has 4 unspecified atom stereocenters. The van der Waals surface area contributed by atoms with E-state index in [-0.39, 0.29) is 12.1 Å². The van der Waals surface area contributed by atoms with Crippen molar-refractivity contribution in [2.45, 2.75) is 38.3 Å². The number of hydrogen-bond donors (Lipinski definition) is 0. The molecule has 0 saturated carbocycles. The van der Waals surface area contributed by atoms with Gasteiger partial charge >= 0.3 is 0 Å². The highest BCUT2D eigenvalue weighted by molar-refractivity contribution is 6.11. The van der Waals surface area contributed by atoms with Crippen molar-refractivity contribution in [1.29, 1.82) is 0 Å². The summed E-state index contributed by atoms with van der Waals surface area (Å²) >= 11 is 0. The Morgan fingerprint density at radius 2 is 1.58 bits per heavy atom. The van der Waals surface area contributed by atoms with Crippen molar-refractivity contribution in [3.8, 4) is 0 Å². The Kier molecular flexibility index (Phi) is 7.38. The molecule has 276 valence electrons. The first kappa shape index (κ1) is 32.8. The zero-order chi connectivity index (χ0) is 37.6. The van der Waals surface area contributed by atoms with Gasteiger partial charge in [0.1, 0.15) is 0 Å². The molecule has 0 N–H and O–H groups in total. The lowest BCUT2D eigenvalue weighted by Crippen LogP contribution is -2.39. The van der Waals surface area contributed by atoms with Gasteiger partial charge in [-0.25, -0.2) is 4.99 Å². The van der Waals surface area contributed by atoms with Crippen LogP contribution in [0.25, 0.3) is 22.6 Å². The summed E-state index contributed by atoms with van der Waals surface area (Å²) < 4.78 is 2.62. The van der Waals surface area contributed by atoms with E-state index in [1.165, 1.54) is 72.7 Å². The van der Waals surface area contributed by atoms with Gasteiger partial charge in [-0.2, -0.15) is 0 Å². The van der Waals surface area contributed by atoms with Crippen LogP contribution < -0.4 is 9.80 Å². The smallest absolute Gasteiger partial charge is 0.150 e. The number of benzene rings is 4. The molecule has 0 saturated heterocycles. The molecule has 7 aliphatic rings. The van der Waals surface area contributed by atoms with Crippen LogP contribution in [0.1, 0.15) is 47.8 Å². The Hall–Kier alpha value is -6.39. The molecule has 4 heteroatoms. The molecule has 5 aromatic rings. The van der Waals surface area contributed by atoms with E-state index < -0.39 is 0 Å².